The number of amides is 1. The molecule has 1 amide bonds. The van der Waals surface area contributed by atoms with E-state index in [-0.39, 0.29) is 6.09 Å². The van der Waals surface area contributed by atoms with Crippen molar-refractivity contribution in [3.8, 4) is 0 Å². The van der Waals surface area contributed by atoms with Crippen LogP contribution in [0.1, 0.15) is 45.4 Å². The Labute approximate surface area is 91.4 Å². The molecule has 0 bridgehead atoms. The average molecular weight is 215 g/mol. The topological polar surface area (TPSA) is 55.4 Å². The lowest BCUT2D eigenvalue weighted by Gasteiger charge is -2.05. The third-order valence-corrected chi connectivity index (χ3v) is 2.00. The van der Waals surface area contributed by atoms with Crippen LogP contribution in [0.3, 0.4) is 0 Å². The van der Waals surface area contributed by atoms with Crippen LogP contribution in [0.2, 0.25) is 0 Å². The fraction of sp³-hybridized carbons (Fsp3) is 0.818. The third-order valence-electron chi connectivity index (χ3n) is 2.00. The number of carbonyl (C=O) groups is 2. The standard InChI is InChI=1S/C11H21NO3/c1-2-3-7-10-15-11(14)12-8-5-4-6-9-13/h9H,2-8,10H2,1H3,(H,12,14). The maximum atomic E-state index is 11.0. The van der Waals surface area contributed by atoms with Gasteiger partial charge in [-0.25, -0.2) is 4.79 Å². The van der Waals surface area contributed by atoms with Gasteiger partial charge in [0.15, 0.2) is 0 Å². The molecule has 0 aromatic carbocycles. The van der Waals surface area contributed by atoms with Crippen molar-refractivity contribution in [1.82, 2.24) is 5.32 Å². The second-order valence-electron chi connectivity index (χ2n) is 3.43. The molecule has 0 aliphatic carbocycles. The normalized spacial score (nSPS) is 9.67. The summed E-state index contributed by atoms with van der Waals surface area (Å²) in [5.74, 6) is 0. The van der Waals surface area contributed by atoms with Crippen molar-refractivity contribution in [3.05, 3.63) is 0 Å². The first-order valence-electron chi connectivity index (χ1n) is 5.65. The van der Waals surface area contributed by atoms with Crippen LogP contribution in [-0.4, -0.2) is 25.5 Å². The zero-order chi connectivity index (χ0) is 11.4. The molecule has 0 aromatic rings. The number of hydrogen-bond donors (Lipinski definition) is 1. The quantitative estimate of drug-likeness (QED) is 0.474. The summed E-state index contributed by atoms with van der Waals surface area (Å²) in [6, 6.07) is 0. The van der Waals surface area contributed by atoms with E-state index in [9.17, 15) is 9.59 Å². The van der Waals surface area contributed by atoms with Crippen molar-refractivity contribution >= 4 is 12.4 Å². The van der Waals surface area contributed by atoms with Crippen LogP contribution < -0.4 is 5.32 Å². The molecule has 0 radical (unpaired) electrons. The summed E-state index contributed by atoms with van der Waals surface area (Å²) in [6.07, 6.45) is 5.88. The molecule has 0 unspecified atom stereocenters. The highest BCUT2D eigenvalue weighted by Crippen LogP contribution is 1.95. The lowest BCUT2D eigenvalue weighted by molar-refractivity contribution is -0.107. The minimum absolute atomic E-state index is 0.350. The first-order valence-corrected chi connectivity index (χ1v) is 5.65. The van der Waals surface area contributed by atoms with Crippen LogP contribution in [0.15, 0.2) is 0 Å². The van der Waals surface area contributed by atoms with E-state index in [1.807, 2.05) is 0 Å². The van der Waals surface area contributed by atoms with E-state index in [0.29, 0.717) is 19.6 Å². The van der Waals surface area contributed by atoms with Gasteiger partial charge in [-0.05, 0) is 19.3 Å². The van der Waals surface area contributed by atoms with Gasteiger partial charge in [0, 0.05) is 13.0 Å². The Morgan fingerprint density at radius 2 is 2.07 bits per heavy atom. The highest BCUT2D eigenvalue weighted by atomic mass is 16.5. The number of nitrogens with one attached hydrogen (secondary N) is 1. The van der Waals surface area contributed by atoms with Crippen LogP contribution in [0.25, 0.3) is 0 Å². The Kier molecular flexibility index (Phi) is 10.2. The Morgan fingerprint density at radius 1 is 1.27 bits per heavy atom. The number of rotatable bonds is 9. The minimum Gasteiger partial charge on any atom is -0.450 e. The summed E-state index contributed by atoms with van der Waals surface area (Å²) in [4.78, 5) is 21.0. The van der Waals surface area contributed by atoms with Crippen LogP contribution >= 0.6 is 0 Å². The molecule has 15 heavy (non-hydrogen) atoms. The Bertz CT molecular complexity index is 171. The van der Waals surface area contributed by atoms with Gasteiger partial charge in [-0.15, -0.1) is 0 Å². The van der Waals surface area contributed by atoms with Gasteiger partial charge in [-0.2, -0.15) is 0 Å². The van der Waals surface area contributed by atoms with E-state index in [2.05, 4.69) is 12.2 Å². The zero-order valence-electron chi connectivity index (χ0n) is 9.46. The minimum atomic E-state index is -0.350. The average Bonchev–Trinajstić information content (AvgIpc) is 2.24. The van der Waals surface area contributed by atoms with Crippen LogP contribution in [-0.2, 0) is 9.53 Å². The molecular formula is C11H21NO3. The smallest absolute Gasteiger partial charge is 0.407 e. The van der Waals surface area contributed by atoms with Gasteiger partial charge in [-0.1, -0.05) is 19.8 Å². The van der Waals surface area contributed by atoms with Crippen molar-refractivity contribution in [1.29, 1.82) is 0 Å². The second-order valence-corrected chi connectivity index (χ2v) is 3.43. The molecule has 1 N–H and O–H groups in total. The molecule has 0 heterocycles. The molecule has 4 nitrogen and oxygen atoms in total. The summed E-state index contributed by atoms with van der Waals surface area (Å²) in [7, 11) is 0. The van der Waals surface area contributed by atoms with E-state index in [1.165, 1.54) is 0 Å². The van der Waals surface area contributed by atoms with Crippen LogP contribution in [0, 0.1) is 0 Å². The summed E-state index contributed by atoms with van der Waals surface area (Å²) in [5, 5.41) is 2.64. The van der Waals surface area contributed by atoms with E-state index in [0.717, 1.165) is 38.4 Å². The van der Waals surface area contributed by atoms with Gasteiger partial charge in [0.25, 0.3) is 0 Å². The van der Waals surface area contributed by atoms with Crippen molar-refractivity contribution in [2.45, 2.75) is 45.4 Å². The van der Waals surface area contributed by atoms with E-state index in [4.69, 9.17) is 4.74 Å². The fourth-order valence-electron chi connectivity index (χ4n) is 1.11. The number of hydrogen-bond acceptors (Lipinski definition) is 3. The molecule has 88 valence electrons. The first-order chi connectivity index (χ1) is 7.31. The fourth-order valence-corrected chi connectivity index (χ4v) is 1.11. The second kappa shape index (κ2) is 11.0. The van der Waals surface area contributed by atoms with Crippen LogP contribution in [0.4, 0.5) is 4.79 Å². The molecule has 4 heteroatoms. The van der Waals surface area contributed by atoms with E-state index >= 15 is 0 Å². The molecule has 0 aliphatic heterocycles. The van der Waals surface area contributed by atoms with Gasteiger partial charge in [0.1, 0.15) is 6.29 Å². The largest absolute Gasteiger partial charge is 0.450 e. The molecule has 0 saturated carbocycles. The molecule has 0 atom stereocenters. The number of carbonyl (C=O) groups excluding carboxylic acids is 2. The molecule has 0 rings (SSSR count). The lowest BCUT2D eigenvalue weighted by atomic mass is 10.2. The van der Waals surface area contributed by atoms with Crippen molar-refractivity contribution < 1.29 is 14.3 Å². The molecular weight excluding hydrogens is 194 g/mol. The maximum absolute atomic E-state index is 11.0. The molecule has 0 saturated heterocycles. The van der Waals surface area contributed by atoms with Gasteiger partial charge in [0.05, 0.1) is 6.61 Å². The number of alkyl carbamates (subject to hydrolysis) is 1. The summed E-state index contributed by atoms with van der Waals surface area (Å²) in [5.41, 5.74) is 0. The molecule has 0 aliphatic rings. The highest BCUT2D eigenvalue weighted by Gasteiger charge is 1.99. The summed E-state index contributed by atoms with van der Waals surface area (Å²) < 4.78 is 4.93. The van der Waals surface area contributed by atoms with Crippen molar-refractivity contribution in [2.75, 3.05) is 13.2 Å². The Hall–Kier alpha value is -1.06. The molecule has 0 aromatic heterocycles. The number of ether oxygens (including phenoxy) is 1. The predicted molar refractivity (Wildman–Crippen MR) is 58.8 cm³/mol. The maximum Gasteiger partial charge on any atom is 0.407 e. The highest BCUT2D eigenvalue weighted by molar-refractivity contribution is 5.66. The molecule has 0 fully saturated rings. The Balaban J connectivity index is 3.15. The summed E-state index contributed by atoms with van der Waals surface area (Å²) >= 11 is 0. The third kappa shape index (κ3) is 10.9. The van der Waals surface area contributed by atoms with Gasteiger partial charge in [0.2, 0.25) is 0 Å². The zero-order valence-corrected chi connectivity index (χ0v) is 9.46. The molecule has 0 spiro atoms. The van der Waals surface area contributed by atoms with Gasteiger partial charge in [-0.3, -0.25) is 0 Å². The lowest BCUT2D eigenvalue weighted by Crippen LogP contribution is -2.25. The van der Waals surface area contributed by atoms with Crippen molar-refractivity contribution in [2.24, 2.45) is 0 Å². The number of unbranched alkanes of at least 4 members (excludes halogenated alkanes) is 4. The Morgan fingerprint density at radius 3 is 2.73 bits per heavy atom. The first kappa shape index (κ1) is 13.9. The van der Waals surface area contributed by atoms with Crippen LogP contribution in [0.5, 0.6) is 0 Å². The van der Waals surface area contributed by atoms with E-state index in [1.54, 1.807) is 0 Å². The predicted octanol–water partition coefficient (Wildman–Crippen LogP) is 2.27. The van der Waals surface area contributed by atoms with Gasteiger partial charge < -0.3 is 14.8 Å². The summed E-state index contributed by atoms with van der Waals surface area (Å²) in [6.45, 7) is 3.18. The van der Waals surface area contributed by atoms with Crippen molar-refractivity contribution in [3.63, 3.8) is 0 Å². The SMILES string of the molecule is CCCCCOC(=O)NCCCCC=O. The monoisotopic (exact) mass is 215 g/mol. The van der Waals surface area contributed by atoms with Gasteiger partial charge >= 0.3 is 6.09 Å². The van der Waals surface area contributed by atoms with E-state index < -0.39 is 0 Å². The number of aldehydes is 1.